The van der Waals surface area contributed by atoms with Crippen LogP contribution in [-0.4, -0.2) is 99.6 Å². The zero-order valence-electron chi connectivity index (χ0n) is 53.0. The van der Waals surface area contributed by atoms with Crippen LogP contribution in [0, 0.1) is 0 Å². The molecule has 0 bridgehead atoms. The molecule has 8 unspecified atom stereocenters. The standard InChI is InChI=1S/C72H125NO10/c1-4-7-10-13-16-19-22-24-26-28-29-30-31-32-33-34-35-36-37-38-40-42-45-48-51-54-57-60-67(77)83-70-69(79)68(78)66(61-74)82-72(70)81-62-63(64(75)58-55-52-49-46-43-21-18-15-12-9-6-3)73-71(80)65(76)59-56-53-50-47-44-41-39-27-25-23-20-17-14-11-8-5-2/h7,10,16-17,19-20,24-27,29-30,32-33,55,58,63-66,68-70,72,74-76,78-79H,4-6,8-9,11-15,18,21-23,28,31,34-54,56-57,59-62H2,1-3H3,(H,73,80)/b10-7-,19-16-,20-17-,26-24-,27-25-,30-29-,33-32-,58-55+. The number of unbranched alkanes of at least 4 members (excludes halogenated alkanes) is 29. The number of hydrogen-bond acceptors (Lipinski definition) is 10. The van der Waals surface area contributed by atoms with Crippen molar-refractivity contribution in [1.82, 2.24) is 5.32 Å². The molecule has 1 aliphatic heterocycles. The van der Waals surface area contributed by atoms with Crippen LogP contribution >= 0.6 is 0 Å². The maximum Gasteiger partial charge on any atom is 0.306 e. The maximum absolute atomic E-state index is 13.4. The molecule has 0 aromatic heterocycles. The lowest BCUT2D eigenvalue weighted by Gasteiger charge is -2.41. The smallest absolute Gasteiger partial charge is 0.306 e. The first-order valence-corrected chi connectivity index (χ1v) is 34.0. The van der Waals surface area contributed by atoms with Crippen molar-refractivity contribution in [3.05, 3.63) is 97.2 Å². The fourth-order valence-corrected chi connectivity index (χ4v) is 10.1. The molecule has 1 aliphatic rings. The van der Waals surface area contributed by atoms with Gasteiger partial charge in [0.25, 0.3) is 0 Å². The van der Waals surface area contributed by atoms with E-state index in [9.17, 15) is 35.1 Å². The summed E-state index contributed by atoms with van der Waals surface area (Å²) in [5.41, 5.74) is 0. The molecule has 83 heavy (non-hydrogen) atoms. The van der Waals surface area contributed by atoms with E-state index in [1.165, 1.54) is 116 Å². The minimum Gasteiger partial charge on any atom is -0.454 e. The first-order chi connectivity index (χ1) is 40.7. The fourth-order valence-electron chi connectivity index (χ4n) is 10.1. The SMILES string of the molecule is CC/C=C\C/C=C\C/C=C\C/C=C\C/C=C\CCCCCCCCCCCCCC(=O)OC1C(OCC(NC(=O)C(O)CCCCCCCC/C=C\C/C=C\CCCCC)C(O)/C=C/CCCCCCCCCCC)OC(CO)C(O)C1O. The van der Waals surface area contributed by atoms with Crippen molar-refractivity contribution in [2.45, 2.75) is 333 Å². The molecular formula is C72H125NO10. The second kappa shape index (κ2) is 58.9. The van der Waals surface area contributed by atoms with Crippen molar-refractivity contribution in [1.29, 1.82) is 0 Å². The highest BCUT2D eigenvalue weighted by Gasteiger charge is 2.47. The highest BCUT2D eigenvalue weighted by molar-refractivity contribution is 5.80. The van der Waals surface area contributed by atoms with Crippen LogP contribution in [0.15, 0.2) is 97.2 Å². The second-order valence-electron chi connectivity index (χ2n) is 23.2. The Morgan fingerprint density at radius 3 is 1.33 bits per heavy atom. The average molecular weight is 1160 g/mol. The molecule has 1 heterocycles. The summed E-state index contributed by atoms with van der Waals surface area (Å²) < 4.78 is 17.7. The summed E-state index contributed by atoms with van der Waals surface area (Å²) in [6.45, 7) is 5.65. The number of ether oxygens (including phenoxy) is 3. The van der Waals surface area contributed by atoms with Gasteiger partial charge in [0.05, 0.1) is 25.4 Å². The molecule has 6 N–H and O–H groups in total. The monoisotopic (exact) mass is 1160 g/mol. The highest BCUT2D eigenvalue weighted by atomic mass is 16.7. The molecule has 11 nitrogen and oxygen atoms in total. The lowest BCUT2D eigenvalue weighted by Crippen LogP contribution is -2.61. The van der Waals surface area contributed by atoms with E-state index in [2.05, 4.69) is 111 Å². The van der Waals surface area contributed by atoms with Gasteiger partial charge in [0.1, 0.15) is 24.4 Å². The molecule has 0 radical (unpaired) electrons. The van der Waals surface area contributed by atoms with Crippen LogP contribution in [0.5, 0.6) is 0 Å². The van der Waals surface area contributed by atoms with Gasteiger partial charge in [-0.05, 0) is 103 Å². The molecule has 1 fully saturated rings. The van der Waals surface area contributed by atoms with E-state index < -0.39 is 67.4 Å². The third-order valence-electron chi connectivity index (χ3n) is 15.5. The van der Waals surface area contributed by atoms with Crippen molar-refractivity contribution in [3.8, 4) is 0 Å². The van der Waals surface area contributed by atoms with Gasteiger partial charge < -0.3 is 45.1 Å². The summed E-state index contributed by atoms with van der Waals surface area (Å²) in [6.07, 6.45) is 68.7. The molecule has 1 saturated heterocycles. The number of aliphatic hydroxyl groups is 5. The Bertz CT molecular complexity index is 1720. The van der Waals surface area contributed by atoms with Crippen molar-refractivity contribution in [3.63, 3.8) is 0 Å². The summed E-state index contributed by atoms with van der Waals surface area (Å²) in [4.78, 5) is 26.6. The number of allylic oxidation sites excluding steroid dienone is 15. The number of carbonyl (C=O) groups excluding carboxylic acids is 2. The summed E-state index contributed by atoms with van der Waals surface area (Å²) in [5, 5.41) is 57.1. The average Bonchev–Trinajstić information content (AvgIpc) is 3.68. The Labute approximate surface area is 507 Å². The summed E-state index contributed by atoms with van der Waals surface area (Å²) >= 11 is 0. The van der Waals surface area contributed by atoms with Crippen molar-refractivity contribution < 1.29 is 49.3 Å². The molecule has 0 saturated carbocycles. The zero-order valence-corrected chi connectivity index (χ0v) is 53.0. The maximum atomic E-state index is 13.4. The molecule has 1 amide bonds. The van der Waals surface area contributed by atoms with Crippen LogP contribution in [0.2, 0.25) is 0 Å². The van der Waals surface area contributed by atoms with Gasteiger partial charge >= 0.3 is 5.97 Å². The molecule has 11 heteroatoms. The normalized spacial score (nSPS) is 19.2. The minimum absolute atomic E-state index is 0.114. The minimum atomic E-state index is -1.62. The highest BCUT2D eigenvalue weighted by Crippen LogP contribution is 2.26. The van der Waals surface area contributed by atoms with Crippen LogP contribution in [0.3, 0.4) is 0 Å². The van der Waals surface area contributed by atoms with Crippen LogP contribution in [0.25, 0.3) is 0 Å². The second-order valence-corrected chi connectivity index (χ2v) is 23.2. The molecule has 0 spiro atoms. The van der Waals surface area contributed by atoms with Crippen LogP contribution < -0.4 is 5.32 Å². The van der Waals surface area contributed by atoms with Crippen LogP contribution in [0.1, 0.15) is 284 Å². The number of esters is 1. The fraction of sp³-hybridized carbons (Fsp3) is 0.750. The Kier molecular flexibility index (Phi) is 55.1. The number of carbonyl (C=O) groups is 2. The summed E-state index contributed by atoms with van der Waals surface area (Å²) in [6, 6.07) is -1.03. The number of rotatable bonds is 57. The number of hydrogen-bond donors (Lipinski definition) is 6. The molecule has 0 aromatic carbocycles. The van der Waals surface area contributed by atoms with Gasteiger partial charge in [-0.15, -0.1) is 0 Å². The van der Waals surface area contributed by atoms with Crippen molar-refractivity contribution in [2.24, 2.45) is 0 Å². The Morgan fingerprint density at radius 1 is 0.482 bits per heavy atom. The van der Waals surface area contributed by atoms with E-state index in [1.54, 1.807) is 6.08 Å². The Hall–Kier alpha value is -3.42. The largest absolute Gasteiger partial charge is 0.454 e. The van der Waals surface area contributed by atoms with Crippen LogP contribution in [0.4, 0.5) is 0 Å². The number of amides is 1. The van der Waals surface area contributed by atoms with Crippen molar-refractivity contribution >= 4 is 11.9 Å². The zero-order chi connectivity index (χ0) is 60.3. The van der Waals surface area contributed by atoms with Gasteiger partial charge in [0.2, 0.25) is 5.91 Å². The Balaban J connectivity index is 2.56. The third-order valence-corrected chi connectivity index (χ3v) is 15.5. The van der Waals surface area contributed by atoms with E-state index in [0.717, 1.165) is 122 Å². The van der Waals surface area contributed by atoms with E-state index in [1.807, 2.05) is 6.08 Å². The number of aliphatic hydroxyl groups excluding tert-OH is 5. The van der Waals surface area contributed by atoms with Gasteiger partial charge in [-0.2, -0.15) is 0 Å². The lowest BCUT2D eigenvalue weighted by molar-refractivity contribution is -0.305. The lowest BCUT2D eigenvalue weighted by atomic mass is 9.99. The van der Waals surface area contributed by atoms with E-state index in [4.69, 9.17) is 14.2 Å². The first kappa shape index (κ1) is 77.6. The molecule has 8 atom stereocenters. The summed E-state index contributed by atoms with van der Waals surface area (Å²) in [5.74, 6) is -1.21. The first-order valence-electron chi connectivity index (χ1n) is 34.0. The van der Waals surface area contributed by atoms with Gasteiger partial charge in [-0.3, -0.25) is 9.59 Å². The van der Waals surface area contributed by atoms with E-state index in [0.29, 0.717) is 12.8 Å². The van der Waals surface area contributed by atoms with Gasteiger partial charge in [0.15, 0.2) is 12.4 Å². The Morgan fingerprint density at radius 2 is 0.867 bits per heavy atom. The number of nitrogens with one attached hydrogen (secondary N) is 1. The van der Waals surface area contributed by atoms with Crippen LogP contribution in [-0.2, 0) is 23.8 Å². The molecule has 1 rings (SSSR count). The molecule has 478 valence electrons. The van der Waals surface area contributed by atoms with Crippen molar-refractivity contribution in [2.75, 3.05) is 13.2 Å². The van der Waals surface area contributed by atoms with E-state index >= 15 is 0 Å². The van der Waals surface area contributed by atoms with Gasteiger partial charge in [-0.25, -0.2) is 0 Å². The van der Waals surface area contributed by atoms with Gasteiger partial charge in [-0.1, -0.05) is 272 Å². The van der Waals surface area contributed by atoms with E-state index in [-0.39, 0.29) is 19.4 Å². The predicted octanol–water partition coefficient (Wildman–Crippen LogP) is 17.1. The predicted molar refractivity (Wildman–Crippen MR) is 347 cm³/mol. The summed E-state index contributed by atoms with van der Waals surface area (Å²) in [7, 11) is 0. The topological polar surface area (TPSA) is 175 Å². The molecule has 0 aliphatic carbocycles. The quantitative estimate of drug-likeness (QED) is 0.0195. The molecular weight excluding hydrogens is 1040 g/mol. The van der Waals surface area contributed by atoms with Gasteiger partial charge in [0, 0.05) is 6.42 Å². The molecule has 0 aromatic rings. The third kappa shape index (κ3) is 46.5.